The maximum atomic E-state index is 12.2. The molecule has 9 nitrogen and oxygen atoms in total. The molecule has 0 saturated heterocycles. The summed E-state index contributed by atoms with van der Waals surface area (Å²) in [6.07, 6.45) is 3.35. The zero-order valence-electron chi connectivity index (χ0n) is 19.8. The van der Waals surface area contributed by atoms with Crippen LogP contribution in [0.25, 0.3) is 16.9 Å². The summed E-state index contributed by atoms with van der Waals surface area (Å²) in [6.45, 7) is -0.225. The molecule has 0 radical (unpaired) electrons. The van der Waals surface area contributed by atoms with Crippen LogP contribution < -0.4 is 20.2 Å². The van der Waals surface area contributed by atoms with Gasteiger partial charge < -0.3 is 14.8 Å². The highest BCUT2D eigenvalue weighted by Crippen LogP contribution is 2.25. The summed E-state index contributed by atoms with van der Waals surface area (Å²) in [5.74, 6) is 0.543. The van der Waals surface area contributed by atoms with Crippen LogP contribution in [0, 0.1) is 0 Å². The molecule has 0 saturated carbocycles. The van der Waals surface area contributed by atoms with Gasteiger partial charge in [0.2, 0.25) is 0 Å². The third kappa shape index (κ3) is 5.95. The van der Waals surface area contributed by atoms with Gasteiger partial charge >= 0.3 is 0 Å². The monoisotopic (exact) mass is 483 g/mol. The summed E-state index contributed by atoms with van der Waals surface area (Å²) in [7, 11) is 3.16. The highest BCUT2D eigenvalue weighted by atomic mass is 16.5. The van der Waals surface area contributed by atoms with Crippen LogP contribution in [0.4, 0.5) is 0 Å². The largest absolute Gasteiger partial charge is 0.497 e. The molecule has 1 aromatic heterocycles. The summed E-state index contributed by atoms with van der Waals surface area (Å²) in [5.41, 5.74) is 6.00. The number of aromatic nitrogens is 2. The predicted molar refractivity (Wildman–Crippen MR) is 137 cm³/mol. The first-order valence-corrected chi connectivity index (χ1v) is 11.1. The Morgan fingerprint density at radius 3 is 2.19 bits per heavy atom. The van der Waals surface area contributed by atoms with Gasteiger partial charge in [-0.15, -0.1) is 0 Å². The molecule has 9 heteroatoms. The Balaban J connectivity index is 1.44. The van der Waals surface area contributed by atoms with Crippen LogP contribution >= 0.6 is 0 Å². The number of ether oxygens (including phenoxy) is 2. The highest BCUT2D eigenvalue weighted by molar-refractivity contribution is 5.96. The Hall–Kier alpha value is -4.92. The van der Waals surface area contributed by atoms with E-state index in [-0.39, 0.29) is 12.5 Å². The van der Waals surface area contributed by atoms with Crippen molar-refractivity contribution in [3.63, 3.8) is 0 Å². The van der Waals surface area contributed by atoms with E-state index in [1.165, 1.54) is 6.21 Å². The van der Waals surface area contributed by atoms with Crippen molar-refractivity contribution in [3.05, 3.63) is 96.2 Å². The molecular weight excluding hydrogens is 458 g/mol. The average Bonchev–Trinajstić information content (AvgIpc) is 3.36. The molecule has 0 unspecified atom stereocenters. The molecule has 0 aliphatic rings. The van der Waals surface area contributed by atoms with Crippen LogP contribution in [0.3, 0.4) is 0 Å². The second-order valence-electron chi connectivity index (χ2n) is 7.65. The van der Waals surface area contributed by atoms with E-state index in [1.54, 1.807) is 43.2 Å². The number of nitrogens with zero attached hydrogens (tertiary/aromatic N) is 3. The minimum Gasteiger partial charge on any atom is -0.497 e. The van der Waals surface area contributed by atoms with Gasteiger partial charge in [-0.3, -0.25) is 9.59 Å². The zero-order chi connectivity index (χ0) is 25.3. The fraction of sp³-hybridized carbons (Fsp3) is 0.111. The fourth-order valence-corrected chi connectivity index (χ4v) is 3.39. The van der Waals surface area contributed by atoms with Crippen molar-refractivity contribution >= 4 is 18.0 Å². The molecule has 182 valence electrons. The second kappa shape index (κ2) is 11.5. The van der Waals surface area contributed by atoms with Crippen molar-refractivity contribution in [3.8, 4) is 28.4 Å². The van der Waals surface area contributed by atoms with E-state index in [4.69, 9.17) is 14.6 Å². The molecule has 36 heavy (non-hydrogen) atoms. The van der Waals surface area contributed by atoms with Crippen molar-refractivity contribution in [1.82, 2.24) is 20.5 Å². The lowest BCUT2D eigenvalue weighted by atomic mass is 10.1. The normalized spacial score (nSPS) is 10.7. The highest BCUT2D eigenvalue weighted by Gasteiger charge is 2.12. The van der Waals surface area contributed by atoms with Gasteiger partial charge in [-0.2, -0.15) is 10.2 Å². The van der Waals surface area contributed by atoms with E-state index in [1.807, 2.05) is 60.8 Å². The number of para-hydroxylation sites is 1. The third-order valence-electron chi connectivity index (χ3n) is 5.28. The number of carbonyl (C=O) groups excluding carboxylic acids is 2. The Kier molecular flexibility index (Phi) is 7.72. The molecule has 2 N–H and O–H groups in total. The van der Waals surface area contributed by atoms with Crippen LogP contribution in [0.15, 0.2) is 90.2 Å². The van der Waals surface area contributed by atoms with Crippen molar-refractivity contribution in [2.75, 3.05) is 20.8 Å². The molecule has 0 atom stereocenters. The van der Waals surface area contributed by atoms with Gasteiger partial charge in [-0.25, -0.2) is 10.1 Å². The summed E-state index contributed by atoms with van der Waals surface area (Å²) in [5, 5.41) is 11.4. The lowest BCUT2D eigenvalue weighted by Gasteiger charge is -2.05. The number of hydrogen-bond acceptors (Lipinski definition) is 6. The quantitative estimate of drug-likeness (QED) is 0.280. The number of methoxy groups -OCH3 is 2. The number of benzene rings is 3. The molecule has 0 aliphatic heterocycles. The SMILES string of the molecule is COc1ccc(C(=O)NCC(=O)N/N=C/c2cn(-c3ccccc3)nc2-c2ccc(OC)cc2)cc1. The molecule has 0 bridgehead atoms. The fourth-order valence-electron chi connectivity index (χ4n) is 3.39. The predicted octanol–water partition coefficient (Wildman–Crippen LogP) is 3.44. The van der Waals surface area contributed by atoms with Crippen LogP contribution in [0.2, 0.25) is 0 Å². The number of hydrogen-bond donors (Lipinski definition) is 2. The van der Waals surface area contributed by atoms with Crippen LogP contribution in [-0.2, 0) is 4.79 Å². The lowest BCUT2D eigenvalue weighted by molar-refractivity contribution is -0.120. The van der Waals surface area contributed by atoms with Gasteiger partial charge in [0, 0.05) is 22.9 Å². The molecule has 4 rings (SSSR count). The summed E-state index contributed by atoms with van der Waals surface area (Å²) >= 11 is 0. The minimum atomic E-state index is -0.463. The molecule has 0 spiro atoms. The van der Waals surface area contributed by atoms with Crippen molar-refractivity contribution in [2.24, 2.45) is 5.10 Å². The summed E-state index contributed by atoms with van der Waals surface area (Å²) in [4.78, 5) is 24.5. The molecular formula is C27H25N5O4. The lowest BCUT2D eigenvalue weighted by Crippen LogP contribution is -2.34. The van der Waals surface area contributed by atoms with Crippen molar-refractivity contribution in [2.45, 2.75) is 0 Å². The van der Waals surface area contributed by atoms with Crippen LogP contribution in [0.1, 0.15) is 15.9 Å². The number of rotatable bonds is 9. The van der Waals surface area contributed by atoms with E-state index >= 15 is 0 Å². The van der Waals surface area contributed by atoms with Gasteiger partial charge in [0.05, 0.1) is 32.7 Å². The number of amides is 2. The Bertz CT molecular complexity index is 1350. The van der Waals surface area contributed by atoms with E-state index in [9.17, 15) is 9.59 Å². The first kappa shape index (κ1) is 24.2. The van der Waals surface area contributed by atoms with Gasteiger partial charge in [0.15, 0.2) is 0 Å². The van der Waals surface area contributed by atoms with Gasteiger partial charge in [-0.05, 0) is 60.7 Å². The molecule has 4 aromatic rings. The Labute approximate surface area is 208 Å². The van der Waals surface area contributed by atoms with Gasteiger partial charge in [-0.1, -0.05) is 18.2 Å². The number of nitrogens with one attached hydrogen (secondary N) is 2. The topological polar surface area (TPSA) is 107 Å². The number of hydrazone groups is 1. The molecule has 0 fully saturated rings. The molecule has 0 aliphatic carbocycles. The van der Waals surface area contributed by atoms with Crippen LogP contribution in [0.5, 0.6) is 11.5 Å². The summed E-state index contributed by atoms with van der Waals surface area (Å²) in [6, 6.07) is 23.8. The summed E-state index contributed by atoms with van der Waals surface area (Å²) < 4.78 is 12.1. The van der Waals surface area contributed by atoms with Crippen molar-refractivity contribution in [1.29, 1.82) is 0 Å². The first-order valence-electron chi connectivity index (χ1n) is 11.1. The van der Waals surface area contributed by atoms with Gasteiger partial charge in [0.1, 0.15) is 17.2 Å². The van der Waals surface area contributed by atoms with Crippen LogP contribution in [-0.4, -0.2) is 48.6 Å². The minimum absolute atomic E-state index is 0.225. The van der Waals surface area contributed by atoms with E-state index < -0.39 is 5.91 Å². The van der Waals surface area contributed by atoms with E-state index in [0.29, 0.717) is 22.6 Å². The molecule has 2 amide bonds. The average molecular weight is 484 g/mol. The Morgan fingerprint density at radius 2 is 1.56 bits per heavy atom. The van der Waals surface area contributed by atoms with Crippen molar-refractivity contribution < 1.29 is 19.1 Å². The smallest absolute Gasteiger partial charge is 0.259 e. The number of carbonyl (C=O) groups is 2. The standard InChI is InChI=1S/C27H25N5O4/c1-35-23-12-8-19(9-13-23)26-21(18-32(31-26)22-6-4-3-5-7-22)16-29-30-25(33)17-28-27(34)20-10-14-24(36-2)15-11-20/h3-16,18H,17H2,1-2H3,(H,28,34)(H,30,33)/b29-16+. The second-order valence-corrected chi connectivity index (χ2v) is 7.65. The zero-order valence-corrected chi connectivity index (χ0v) is 19.8. The maximum absolute atomic E-state index is 12.2. The first-order chi connectivity index (χ1) is 17.6. The maximum Gasteiger partial charge on any atom is 0.259 e. The van der Waals surface area contributed by atoms with E-state index in [0.717, 1.165) is 17.0 Å². The van der Waals surface area contributed by atoms with Gasteiger partial charge in [0.25, 0.3) is 11.8 Å². The third-order valence-corrected chi connectivity index (χ3v) is 5.28. The molecule has 3 aromatic carbocycles. The molecule has 1 heterocycles. The van der Waals surface area contributed by atoms with E-state index in [2.05, 4.69) is 15.8 Å². The Morgan fingerprint density at radius 1 is 0.917 bits per heavy atom.